The highest BCUT2D eigenvalue weighted by Crippen LogP contribution is 2.21. The zero-order valence-electron chi connectivity index (χ0n) is 9.70. The largest absolute Gasteiger partial charge is 0.395 e. The molecule has 2 rings (SSSR count). The molecule has 0 bridgehead atoms. The van der Waals surface area contributed by atoms with Gasteiger partial charge in [-0.3, -0.25) is 9.89 Å². The first-order valence-corrected chi connectivity index (χ1v) is 5.99. The Morgan fingerprint density at radius 3 is 3.18 bits per heavy atom. The summed E-state index contributed by atoms with van der Waals surface area (Å²) in [7, 11) is 0. The van der Waals surface area contributed by atoms with Gasteiger partial charge in [-0.05, 0) is 25.5 Å². The van der Waals surface area contributed by atoms with Crippen molar-refractivity contribution in [2.75, 3.05) is 19.7 Å². The number of H-pyrrole nitrogens is 1. The van der Waals surface area contributed by atoms with Gasteiger partial charge in [0.1, 0.15) is 5.69 Å². The molecule has 4 N–H and O–H groups in total. The molecule has 1 amide bonds. The Morgan fingerprint density at radius 1 is 1.59 bits per heavy atom. The average Bonchev–Trinajstić information content (AvgIpc) is 2.86. The van der Waals surface area contributed by atoms with E-state index in [9.17, 15) is 4.79 Å². The van der Waals surface area contributed by atoms with Gasteiger partial charge in [-0.2, -0.15) is 5.10 Å². The monoisotopic (exact) mass is 238 g/mol. The number of hydrogen-bond acceptors (Lipinski definition) is 4. The molecule has 2 heterocycles. The quantitative estimate of drug-likeness (QED) is 0.592. The van der Waals surface area contributed by atoms with E-state index in [0.29, 0.717) is 5.69 Å². The Kier molecular flexibility index (Phi) is 4.11. The second-order valence-corrected chi connectivity index (χ2v) is 4.19. The number of nitrogens with zero attached hydrogens (tertiary/aromatic N) is 1. The molecule has 17 heavy (non-hydrogen) atoms. The molecule has 1 aromatic rings. The lowest BCUT2D eigenvalue weighted by molar-refractivity contribution is 0.0940. The van der Waals surface area contributed by atoms with Gasteiger partial charge in [0, 0.05) is 12.6 Å². The van der Waals surface area contributed by atoms with Gasteiger partial charge in [0.15, 0.2) is 0 Å². The summed E-state index contributed by atoms with van der Waals surface area (Å²) in [6.07, 6.45) is 3.47. The number of carbonyl (C=O) groups is 1. The molecule has 6 heteroatoms. The molecule has 6 nitrogen and oxygen atoms in total. The summed E-state index contributed by atoms with van der Waals surface area (Å²) in [4.78, 5) is 11.6. The Hall–Kier alpha value is -1.40. The van der Waals surface area contributed by atoms with Crippen molar-refractivity contribution < 1.29 is 9.90 Å². The van der Waals surface area contributed by atoms with E-state index in [1.165, 1.54) is 12.8 Å². The molecule has 0 spiro atoms. The van der Waals surface area contributed by atoms with Crippen LogP contribution in [-0.4, -0.2) is 40.9 Å². The predicted molar refractivity (Wildman–Crippen MR) is 62.6 cm³/mol. The molecule has 0 aromatic carbocycles. The zero-order valence-corrected chi connectivity index (χ0v) is 9.70. The molecule has 1 aromatic heterocycles. The summed E-state index contributed by atoms with van der Waals surface area (Å²) < 4.78 is 0. The first-order valence-electron chi connectivity index (χ1n) is 5.99. The Labute approximate surface area is 99.8 Å². The van der Waals surface area contributed by atoms with E-state index in [-0.39, 0.29) is 25.1 Å². The number of amides is 1. The second kappa shape index (κ2) is 5.79. The summed E-state index contributed by atoms with van der Waals surface area (Å²) in [5, 5.41) is 21.5. The van der Waals surface area contributed by atoms with Crippen molar-refractivity contribution in [3.05, 3.63) is 17.5 Å². The third kappa shape index (κ3) is 3.04. The summed E-state index contributed by atoms with van der Waals surface area (Å²) in [6.45, 7) is 1.20. The highest BCUT2D eigenvalue weighted by molar-refractivity contribution is 5.92. The van der Waals surface area contributed by atoms with E-state index in [1.807, 2.05) is 0 Å². The molecule has 0 saturated carbocycles. The standard InChI is InChI=1S/C11H18N4O2/c16-6-5-13-11(17)10-7-9(14-15-10)8-3-1-2-4-12-8/h7-8,12,16H,1-6H2,(H,13,17)(H,14,15)/t8-/m0/s1. The van der Waals surface area contributed by atoms with Crippen LogP contribution in [0, 0.1) is 0 Å². The maximum absolute atomic E-state index is 11.6. The van der Waals surface area contributed by atoms with Gasteiger partial charge < -0.3 is 15.7 Å². The van der Waals surface area contributed by atoms with Gasteiger partial charge in [-0.1, -0.05) is 6.42 Å². The highest BCUT2D eigenvalue weighted by atomic mass is 16.3. The predicted octanol–water partition coefficient (Wildman–Crippen LogP) is -0.0536. The van der Waals surface area contributed by atoms with E-state index in [1.54, 1.807) is 6.07 Å². The lowest BCUT2D eigenvalue weighted by Gasteiger charge is -2.21. The molecule has 0 aliphatic carbocycles. The van der Waals surface area contributed by atoms with Crippen molar-refractivity contribution >= 4 is 5.91 Å². The van der Waals surface area contributed by atoms with Crippen LogP contribution in [0.1, 0.15) is 41.5 Å². The van der Waals surface area contributed by atoms with Gasteiger partial charge in [-0.25, -0.2) is 0 Å². The summed E-state index contributed by atoms with van der Waals surface area (Å²) in [5.74, 6) is -0.252. The van der Waals surface area contributed by atoms with Gasteiger partial charge >= 0.3 is 0 Å². The minimum absolute atomic E-state index is 0.0623. The van der Waals surface area contributed by atoms with E-state index in [4.69, 9.17) is 5.11 Å². The molecular weight excluding hydrogens is 220 g/mol. The summed E-state index contributed by atoms with van der Waals surface area (Å²) in [5.41, 5.74) is 1.33. The van der Waals surface area contributed by atoms with Crippen LogP contribution >= 0.6 is 0 Å². The van der Waals surface area contributed by atoms with Crippen LogP contribution in [0.4, 0.5) is 0 Å². The van der Waals surface area contributed by atoms with Gasteiger partial charge in [0.05, 0.1) is 12.3 Å². The van der Waals surface area contributed by atoms with Crippen LogP contribution < -0.4 is 10.6 Å². The van der Waals surface area contributed by atoms with Crippen LogP contribution in [0.25, 0.3) is 0 Å². The number of rotatable bonds is 4. The van der Waals surface area contributed by atoms with Crippen LogP contribution in [-0.2, 0) is 0 Å². The molecule has 0 unspecified atom stereocenters. The topological polar surface area (TPSA) is 90.0 Å². The van der Waals surface area contributed by atoms with E-state index in [2.05, 4.69) is 20.8 Å². The first kappa shape index (κ1) is 12.1. The fourth-order valence-electron chi connectivity index (χ4n) is 2.01. The van der Waals surface area contributed by atoms with Crippen molar-refractivity contribution in [1.29, 1.82) is 0 Å². The van der Waals surface area contributed by atoms with Crippen LogP contribution in [0.5, 0.6) is 0 Å². The lowest BCUT2D eigenvalue weighted by atomic mass is 10.0. The number of carbonyl (C=O) groups excluding carboxylic acids is 1. The third-order valence-corrected chi connectivity index (χ3v) is 2.91. The maximum Gasteiger partial charge on any atom is 0.271 e. The Bertz CT molecular complexity index is 371. The number of aliphatic hydroxyl groups is 1. The third-order valence-electron chi connectivity index (χ3n) is 2.91. The molecule has 1 saturated heterocycles. The fourth-order valence-corrected chi connectivity index (χ4v) is 2.01. The van der Waals surface area contributed by atoms with Gasteiger partial charge in [0.2, 0.25) is 0 Å². The smallest absolute Gasteiger partial charge is 0.271 e. The number of aromatic nitrogens is 2. The highest BCUT2D eigenvalue weighted by Gasteiger charge is 2.18. The van der Waals surface area contributed by atoms with Crippen molar-refractivity contribution in [1.82, 2.24) is 20.8 Å². The summed E-state index contributed by atoms with van der Waals surface area (Å²) in [6, 6.07) is 2.05. The number of piperidine rings is 1. The number of nitrogens with one attached hydrogen (secondary N) is 3. The molecule has 0 radical (unpaired) electrons. The maximum atomic E-state index is 11.6. The van der Waals surface area contributed by atoms with Crippen molar-refractivity contribution in [3.8, 4) is 0 Å². The zero-order chi connectivity index (χ0) is 12.1. The van der Waals surface area contributed by atoms with Crippen molar-refractivity contribution in [2.45, 2.75) is 25.3 Å². The lowest BCUT2D eigenvalue weighted by Crippen LogP contribution is -2.27. The van der Waals surface area contributed by atoms with Crippen molar-refractivity contribution in [3.63, 3.8) is 0 Å². The number of aromatic amines is 1. The fraction of sp³-hybridized carbons (Fsp3) is 0.636. The molecule has 1 aliphatic heterocycles. The van der Waals surface area contributed by atoms with Crippen molar-refractivity contribution in [2.24, 2.45) is 0 Å². The van der Waals surface area contributed by atoms with E-state index in [0.717, 1.165) is 18.7 Å². The van der Waals surface area contributed by atoms with Crippen LogP contribution in [0.3, 0.4) is 0 Å². The molecule has 1 fully saturated rings. The molecule has 1 aliphatic rings. The van der Waals surface area contributed by atoms with Crippen LogP contribution in [0.15, 0.2) is 6.07 Å². The molecule has 94 valence electrons. The van der Waals surface area contributed by atoms with Gasteiger partial charge in [0.25, 0.3) is 5.91 Å². The Balaban J connectivity index is 1.97. The van der Waals surface area contributed by atoms with Gasteiger partial charge in [-0.15, -0.1) is 0 Å². The minimum Gasteiger partial charge on any atom is -0.395 e. The Morgan fingerprint density at radius 2 is 2.47 bits per heavy atom. The average molecular weight is 238 g/mol. The SMILES string of the molecule is O=C(NCCO)c1cc([C@@H]2CCCCN2)[nH]n1. The minimum atomic E-state index is -0.252. The van der Waals surface area contributed by atoms with E-state index < -0.39 is 0 Å². The second-order valence-electron chi connectivity index (χ2n) is 4.19. The first-order chi connectivity index (χ1) is 8.31. The van der Waals surface area contributed by atoms with Crippen LogP contribution in [0.2, 0.25) is 0 Å². The normalized spacial score (nSPS) is 20.2. The molecule has 1 atom stereocenters. The number of hydrogen-bond donors (Lipinski definition) is 4. The number of aliphatic hydroxyl groups excluding tert-OH is 1. The summed E-state index contributed by atoms with van der Waals surface area (Å²) >= 11 is 0. The molecular formula is C11H18N4O2. The van der Waals surface area contributed by atoms with E-state index >= 15 is 0 Å².